The maximum atomic E-state index is 13.4. The van der Waals surface area contributed by atoms with Gasteiger partial charge in [-0.05, 0) is 44.4 Å². The maximum absolute atomic E-state index is 13.4. The van der Waals surface area contributed by atoms with Gasteiger partial charge in [-0.1, -0.05) is 23.7 Å². The molecule has 1 amide bonds. The number of aromatic nitrogens is 5. The molecule has 0 spiro atoms. The normalized spacial score (nSPS) is 16.8. The van der Waals surface area contributed by atoms with Crippen LogP contribution in [0.5, 0.6) is 0 Å². The summed E-state index contributed by atoms with van der Waals surface area (Å²) in [6.07, 6.45) is 6.78. The molecule has 1 aliphatic rings. The largest absolute Gasteiger partial charge is 0.347 e. The number of likely N-dealkylation sites (tertiary alicyclic amines) is 1. The fourth-order valence-electron chi connectivity index (χ4n) is 4.13. The van der Waals surface area contributed by atoms with Crippen molar-refractivity contribution in [3.05, 3.63) is 53.8 Å². The topological polar surface area (TPSA) is 80.0 Å². The van der Waals surface area contributed by atoms with Gasteiger partial charge in [0.25, 0.3) is 0 Å². The van der Waals surface area contributed by atoms with E-state index in [0.29, 0.717) is 17.5 Å². The molecule has 0 radical (unpaired) electrons. The first-order valence-electron chi connectivity index (χ1n) is 10.7. The average molecular weight is 454 g/mol. The zero-order valence-corrected chi connectivity index (χ0v) is 19.6. The number of nitrogens with zero attached hydrogens (tertiary/aromatic N) is 7. The minimum atomic E-state index is -0.808. The van der Waals surface area contributed by atoms with Crippen LogP contribution in [0, 0.1) is 0 Å². The van der Waals surface area contributed by atoms with Crippen LogP contribution in [0.4, 0.5) is 5.95 Å². The first-order valence-corrected chi connectivity index (χ1v) is 11.1. The number of carbonyl (C=O) groups excluding carboxylic acids is 1. The third-order valence-electron chi connectivity index (χ3n) is 5.97. The Balaban J connectivity index is 1.67. The van der Waals surface area contributed by atoms with Gasteiger partial charge in [-0.3, -0.25) is 4.79 Å². The smallest absolute Gasteiger partial charge is 0.250 e. The van der Waals surface area contributed by atoms with E-state index in [1.165, 1.54) is 6.33 Å². The van der Waals surface area contributed by atoms with E-state index in [0.717, 1.165) is 36.2 Å². The van der Waals surface area contributed by atoms with Gasteiger partial charge in [0.2, 0.25) is 11.9 Å². The molecule has 0 aliphatic carbocycles. The van der Waals surface area contributed by atoms with E-state index < -0.39 is 5.54 Å². The summed E-state index contributed by atoms with van der Waals surface area (Å²) in [5.41, 5.74) is 2.14. The summed E-state index contributed by atoms with van der Waals surface area (Å²) in [6, 6.07) is 7.72. The van der Waals surface area contributed by atoms with Crippen LogP contribution in [-0.2, 0) is 10.3 Å². The summed E-state index contributed by atoms with van der Waals surface area (Å²) in [4.78, 5) is 30.7. The lowest BCUT2D eigenvalue weighted by molar-refractivity contribution is -0.141. The molecule has 1 aliphatic heterocycles. The molecule has 3 aromatic rings. The van der Waals surface area contributed by atoms with Gasteiger partial charge in [0.1, 0.15) is 18.2 Å². The molecule has 1 fully saturated rings. The van der Waals surface area contributed by atoms with Crippen molar-refractivity contribution < 1.29 is 4.79 Å². The third-order valence-corrected chi connectivity index (χ3v) is 6.22. The van der Waals surface area contributed by atoms with Crippen molar-refractivity contribution in [1.82, 2.24) is 29.6 Å². The fraction of sp³-hybridized carbons (Fsp3) is 0.435. The lowest BCUT2D eigenvalue weighted by Crippen LogP contribution is -2.50. The Bertz CT molecular complexity index is 1080. The van der Waals surface area contributed by atoms with Crippen LogP contribution >= 0.6 is 11.6 Å². The second-order valence-corrected chi connectivity index (χ2v) is 9.30. The Kier molecular flexibility index (Phi) is 6.15. The van der Waals surface area contributed by atoms with Crippen molar-refractivity contribution in [2.75, 3.05) is 32.1 Å². The molecule has 1 saturated heterocycles. The van der Waals surface area contributed by atoms with E-state index in [2.05, 4.69) is 15.1 Å². The molecule has 2 aromatic heterocycles. The molecule has 32 heavy (non-hydrogen) atoms. The van der Waals surface area contributed by atoms with Crippen LogP contribution in [-0.4, -0.2) is 62.7 Å². The van der Waals surface area contributed by atoms with Gasteiger partial charge in [-0.25, -0.2) is 19.6 Å². The van der Waals surface area contributed by atoms with Crippen molar-refractivity contribution in [3.8, 4) is 11.1 Å². The first kappa shape index (κ1) is 22.2. The van der Waals surface area contributed by atoms with E-state index in [4.69, 9.17) is 16.6 Å². The van der Waals surface area contributed by atoms with Crippen molar-refractivity contribution in [1.29, 1.82) is 0 Å². The molecule has 0 unspecified atom stereocenters. The lowest BCUT2D eigenvalue weighted by atomic mass is 9.89. The Morgan fingerprint density at radius 2 is 1.97 bits per heavy atom. The van der Waals surface area contributed by atoms with Gasteiger partial charge in [0.15, 0.2) is 0 Å². The van der Waals surface area contributed by atoms with Gasteiger partial charge < -0.3 is 9.80 Å². The molecular weight excluding hydrogens is 426 g/mol. The average Bonchev–Trinajstić information content (AvgIpc) is 3.35. The SMILES string of the molecule is CN(C)c1ncc(-c2ccc(Cl)cc2)c([C@H]2CCCN(C(=O)C(C)(C)n3cncn3)C2)n1. The summed E-state index contributed by atoms with van der Waals surface area (Å²) >= 11 is 6.10. The Morgan fingerprint density at radius 3 is 2.62 bits per heavy atom. The lowest BCUT2D eigenvalue weighted by Gasteiger charge is -2.37. The minimum Gasteiger partial charge on any atom is -0.347 e. The molecular formula is C23H28ClN7O. The quantitative estimate of drug-likeness (QED) is 0.587. The second-order valence-electron chi connectivity index (χ2n) is 8.86. The van der Waals surface area contributed by atoms with E-state index >= 15 is 0 Å². The Hall–Kier alpha value is -3.00. The summed E-state index contributed by atoms with van der Waals surface area (Å²) in [7, 11) is 3.86. The minimum absolute atomic E-state index is 0.0302. The van der Waals surface area contributed by atoms with E-state index in [9.17, 15) is 4.79 Å². The Labute approximate surface area is 193 Å². The molecule has 8 nitrogen and oxygen atoms in total. The predicted molar refractivity (Wildman–Crippen MR) is 125 cm³/mol. The number of anilines is 1. The van der Waals surface area contributed by atoms with E-state index in [-0.39, 0.29) is 11.8 Å². The standard InChI is InChI=1S/C23H28ClN7O/c1-23(2,31-15-25-14-27-31)21(32)30-11-5-6-17(13-30)20-19(12-26-22(28-20)29(3)4)16-7-9-18(24)10-8-16/h7-10,12,14-15,17H,5-6,11,13H2,1-4H3/t17-/m0/s1. The van der Waals surface area contributed by atoms with Crippen LogP contribution in [0.1, 0.15) is 38.3 Å². The zero-order chi connectivity index (χ0) is 22.9. The number of carbonyl (C=O) groups is 1. The highest BCUT2D eigenvalue weighted by atomic mass is 35.5. The predicted octanol–water partition coefficient (Wildman–Crippen LogP) is 3.60. The highest BCUT2D eigenvalue weighted by molar-refractivity contribution is 6.30. The molecule has 0 saturated carbocycles. The molecule has 4 rings (SSSR count). The maximum Gasteiger partial charge on any atom is 0.250 e. The molecule has 0 bridgehead atoms. The van der Waals surface area contributed by atoms with Crippen molar-refractivity contribution in [2.45, 2.75) is 38.1 Å². The number of amides is 1. The number of benzene rings is 1. The van der Waals surface area contributed by atoms with Crippen LogP contribution in [0.2, 0.25) is 5.02 Å². The summed E-state index contributed by atoms with van der Waals surface area (Å²) < 4.78 is 1.62. The Morgan fingerprint density at radius 1 is 1.22 bits per heavy atom. The van der Waals surface area contributed by atoms with E-state index in [1.807, 2.05) is 68.2 Å². The summed E-state index contributed by atoms with van der Waals surface area (Å²) in [6.45, 7) is 5.07. The van der Waals surface area contributed by atoms with Gasteiger partial charge in [0, 0.05) is 49.9 Å². The van der Waals surface area contributed by atoms with Crippen LogP contribution < -0.4 is 4.90 Å². The van der Waals surface area contributed by atoms with E-state index in [1.54, 1.807) is 11.0 Å². The van der Waals surface area contributed by atoms with Crippen molar-refractivity contribution in [2.24, 2.45) is 0 Å². The van der Waals surface area contributed by atoms with Crippen LogP contribution in [0.15, 0.2) is 43.1 Å². The van der Waals surface area contributed by atoms with Gasteiger partial charge in [-0.15, -0.1) is 0 Å². The second kappa shape index (κ2) is 8.86. The zero-order valence-electron chi connectivity index (χ0n) is 18.9. The molecule has 3 heterocycles. The van der Waals surface area contributed by atoms with Crippen molar-refractivity contribution in [3.63, 3.8) is 0 Å². The fourth-order valence-corrected chi connectivity index (χ4v) is 4.26. The third kappa shape index (κ3) is 4.32. The highest BCUT2D eigenvalue weighted by Crippen LogP contribution is 2.35. The van der Waals surface area contributed by atoms with Crippen LogP contribution in [0.3, 0.4) is 0 Å². The monoisotopic (exact) mass is 453 g/mol. The first-order chi connectivity index (χ1) is 15.3. The number of hydrogen-bond acceptors (Lipinski definition) is 6. The van der Waals surface area contributed by atoms with Gasteiger partial charge >= 0.3 is 0 Å². The summed E-state index contributed by atoms with van der Waals surface area (Å²) in [5.74, 6) is 0.790. The molecule has 1 atom stereocenters. The highest BCUT2D eigenvalue weighted by Gasteiger charge is 2.37. The molecule has 1 aromatic carbocycles. The van der Waals surface area contributed by atoms with Crippen molar-refractivity contribution >= 4 is 23.5 Å². The number of piperidine rings is 1. The molecule has 168 valence electrons. The van der Waals surface area contributed by atoms with Gasteiger partial charge in [0.05, 0.1) is 5.69 Å². The van der Waals surface area contributed by atoms with Crippen LogP contribution in [0.25, 0.3) is 11.1 Å². The molecule has 0 N–H and O–H groups in total. The number of hydrogen-bond donors (Lipinski definition) is 0. The molecule has 9 heteroatoms. The van der Waals surface area contributed by atoms with Gasteiger partial charge in [-0.2, -0.15) is 5.10 Å². The summed E-state index contributed by atoms with van der Waals surface area (Å²) in [5, 5.41) is 4.88. The number of rotatable bonds is 5. The number of halogens is 1.